The first-order valence-electron chi connectivity index (χ1n) is 5.45. The zero-order chi connectivity index (χ0) is 12.7. The number of fused-ring (bicyclic) bond motifs is 1. The highest BCUT2D eigenvalue weighted by molar-refractivity contribution is 5.78. The number of phenolic OH excluding ortho intramolecular Hbond substituents is 1. The second-order valence-corrected chi connectivity index (χ2v) is 4.10. The summed E-state index contributed by atoms with van der Waals surface area (Å²) < 4.78 is 5.58. The van der Waals surface area contributed by atoms with Gasteiger partial charge in [0, 0.05) is 18.0 Å². The normalized spacial score (nSPS) is 10.9. The van der Waals surface area contributed by atoms with Gasteiger partial charge in [-0.2, -0.15) is 0 Å². The first-order chi connectivity index (χ1) is 8.65. The Morgan fingerprint density at radius 3 is 2.94 bits per heavy atom. The Bertz CT molecular complexity index is 701. The molecule has 0 bridgehead atoms. The van der Waals surface area contributed by atoms with Gasteiger partial charge in [-0.1, -0.05) is 0 Å². The molecule has 0 saturated heterocycles. The average Bonchev–Trinajstić information content (AvgIpc) is 2.77. The van der Waals surface area contributed by atoms with Crippen molar-refractivity contribution in [2.24, 2.45) is 0 Å². The van der Waals surface area contributed by atoms with E-state index in [2.05, 4.69) is 9.97 Å². The molecule has 0 fully saturated rings. The van der Waals surface area contributed by atoms with E-state index in [4.69, 9.17) is 10.2 Å². The van der Waals surface area contributed by atoms with Crippen LogP contribution in [-0.4, -0.2) is 15.1 Å². The fraction of sp³-hybridized carbons (Fsp3) is 0.0769. The number of nitrogen functional groups attached to an aromatic ring is 1. The molecule has 2 heterocycles. The molecule has 0 atom stereocenters. The van der Waals surface area contributed by atoms with Crippen LogP contribution in [0.3, 0.4) is 0 Å². The van der Waals surface area contributed by atoms with E-state index in [9.17, 15) is 5.11 Å². The van der Waals surface area contributed by atoms with Crippen molar-refractivity contribution in [3.63, 3.8) is 0 Å². The molecule has 0 aliphatic carbocycles. The van der Waals surface area contributed by atoms with E-state index >= 15 is 0 Å². The van der Waals surface area contributed by atoms with E-state index in [1.54, 1.807) is 37.5 Å². The summed E-state index contributed by atoms with van der Waals surface area (Å²) in [4.78, 5) is 8.25. The van der Waals surface area contributed by atoms with E-state index < -0.39 is 0 Å². The molecule has 90 valence electrons. The minimum Gasteiger partial charge on any atom is -0.507 e. The molecule has 3 aromatic rings. The van der Waals surface area contributed by atoms with Crippen molar-refractivity contribution in [2.75, 3.05) is 5.73 Å². The molecule has 18 heavy (non-hydrogen) atoms. The molecule has 5 nitrogen and oxygen atoms in total. The molecule has 5 heteroatoms. The van der Waals surface area contributed by atoms with Crippen molar-refractivity contribution in [3.8, 4) is 17.2 Å². The lowest BCUT2D eigenvalue weighted by molar-refractivity contribution is 0.470. The van der Waals surface area contributed by atoms with Gasteiger partial charge in [0.05, 0.1) is 11.8 Å². The standard InChI is InChI=1S/C13H11N3O2/c1-7-4-8(14)5-9(12(7)17)13-16-10-6-15-3-2-11(10)18-13/h2-6,17H,14H2,1H3. The van der Waals surface area contributed by atoms with Crippen LogP contribution in [-0.2, 0) is 0 Å². The smallest absolute Gasteiger partial charge is 0.231 e. The Labute approximate surface area is 103 Å². The maximum absolute atomic E-state index is 10.0. The molecule has 0 unspecified atom stereocenters. The van der Waals surface area contributed by atoms with Gasteiger partial charge in [-0.15, -0.1) is 0 Å². The zero-order valence-corrected chi connectivity index (χ0v) is 9.71. The van der Waals surface area contributed by atoms with E-state index in [0.29, 0.717) is 33.8 Å². The van der Waals surface area contributed by atoms with Gasteiger partial charge >= 0.3 is 0 Å². The number of anilines is 1. The zero-order valence-electron chi connectivity index (χ0n) is 9.71. The van der Waals surface area contributed by atoms with E-state index in [1.807, 2.05) is 0 Å². The molecule has 0 aliphatic heterocycles. The summed E-state index contributed by atoms with van der Waals surface area (Å²) in [6.45, 7) is 1.78. The highest BCUT2D eigenvalue weighted by Crippen LogP contribution is 2.34. The fourth-order valence-electron chi connectivity index (χ4n) is 1.87. The van der Waals surface area contributed by atoms with E-state index in [-0.39, 0.29) is 5.75 Å². The molecule has 1 aromatic carbocycles. The van der Waals surface area contributed by atoms with Gasteiger partial charge in [-0.25, -0.2) is 4.98 Å². The lowest BCUT2D eigenvalue weighted by Crippen LogP contribution is -1.89. The van der Waals surface area contributed by atoms with E-state index in [1.165, 1.54) is 0 Å². The lowest BCUT2D eigenvalue weighted by atomic mass is 10.1. The largest absolute Gasteiger partial charge is 0.507 e. The Kier molecular flexibility index (Phi) is 2.19. The van der Waals surface area contributed by atoms with Crippen molar-refractivity contribution in [3.05, 3.63) is 36.2 Å². The van der Waals surface area contributed by atoms with Crippen molar-refractivity contribution >= 4 is 16.8 Å². The molecule has 0 saturated carbocycles. The third-order valence-corrected chi connectivity index (χ3v) is 2.74. The second kappa shape index (κ2) is 3.73. The van der Waals surface area contributed by atoms with Crippen LogP contribution >= 0.6 is 0 Å². The Morgan fingerprint density at radius 2 is 2.17 bits per heavy atom. The minimum absolute atomic E-state index is 0.128. The van der Waals surface area contributed by atoms with Crippen LogP contribution in [0.25, 0.3) is 22.6 Å². The van der Waals surface area contributed by atoms with Crippen LogP contribution in [0, 0.1) is 6.92 Å². The first kappa shape index (κ1) is 10.6. The van der Waals surface area contributed by atoms with Gasteiger partial charge in [0.25, 0.3) is 0 Å². The summed E-state index contributed by atoms with van der Waals surface area (Å²) >= 11 is 0. The fourth-order valence-corrected chi connectivity index (χ4v) is 1.87. The highest BCUT2D eigenvalue weighted by Gasteiger charge is 2.14. The third-order valence-electron chi connectivity index (χ3n) is 2.74. The highest BCUT2D eigenvalue weighted by atomic mass is 16.3. The number of nitrogens with two attached hydrogens (primary N) is 1. The summed E-state index contributed by atoms with van der Waals surface area (Å²) in [6, 6.07) is 5.06. The van der Waals surface area contributed by atoms with Gasteiger partial charge in [-0.3, -0.25) is 4.98 Å². The summed E-state index contributed by atoms with van der Waals surface area (Å²) in [5.74, 6) is 0.467. The average molecular weight is 241 g/mol. The molecule has 3 N–H and O–H groups in total. The second-order valence-electron chi connectivity index (χ2n) is 4.10. The van der Waals surface area contributed by atoms with Gasteiger partial charge in [-0.05, 0) is 24.6 Å². The molecule has 0 spiro atoms. The Morgan fingerprint density at radius 1 is 1.33 bits per heavy atom. The molecule has 2 aromatic heterocycles. The Balaban J connectivity index is 2.26. The van der Waals surface area contributed by atoms with Crippen molar-refractivity contribution in [1.29, 1.82) is 0 Å². The van der Waals surface area contributed by atoms with Crippen molar-refractivity contribution < 1.29 is 9.52 Å². The number of pyridine rings is 1. The van der Waals surface area contributed by atoms with E-state index in [0.717, 1.165) is 0 Å². The summed E-state index contributed by atoms with van der Waals surface area (Å²) in [6.07, 6.45) is 3.24. The Hall–Kier alpha value is -2.56. The predicted octanol–water partition coefficient (Wildman–Crippen LogP) is 2.49. The van der Waals surface area contributed by atoms with Crippen LogP contribution < -0.4 is 5.73 Å². The number of nitrogens with zero attached hydrogens (tertiary/aromatic N) is 2. The van der Waals surface area contributed by atoms with Crippen LogP contribution in [0.15, 0.2) is 35.0 Å². The third kappa shape index (κ3) is 1.57. The molecular formula is C13H11N3O2. The van der Waals surface area contributed by atoms with Gasteiger partial charge in [0.1, 0.15) is 11.3 Å². The van der Waals surface area contributed by atoms with Gasteiger partial charge in [0.2, 0.25) is 5.89 Å². The summed E-state index contributed by atoms with van der Waals surface area (Å²) in [5, 5.41) is 10.0. The lowest BCUT2D eigenvalue weighted by Gasteiger charge is -2.05. The number of aryl methyl sites for hydroxylation is 1. The molecular weight excluding hydrogens is 230 g/mol. The quantitative estimate of drug-likeness (QED) is 0.505. The van der Waals surface area contributed by atoms with Crippen LogP contribution in [0.2, 0.25) is 0 Å². The maximum Gasteiger partial charge on any atom is 0.231 e. The number of rotatable bonds is 1. The van der Waals surface area contributed by atoms with Crippen LogP contribution in [0.1, 0.15) is 5.56 Å². The number of aromatic hydroxyl groups is 1. The molecule has 3 rings (SSSR count). The number of aromatic nitrogens is 2. The number of hydrogen-bond acceptors (Lipinski definition) is 5. The topological polar surface area (TPSA) is 85.2 Å². The van der Waals surface area contributed by atoms with Crippen LogP contribution in [0.5, 0.6) is 5.75 Å². The predicted molar refractivity (Wildman–Crippen MR) is 68.1 cm³/mol. The SMILES string of the molecule is Cc1cc(N)cc(-c2nc3cnccc3o2)c1O. The first-order valence-corrected chi connectivity index (χ1v) is 5.45. The molecule has 0 amide bonds. The number of benzene rings is 1. The monoisotopic (exact) mass is 241 g/mol. The van der Waals surface area contributed by atoms with Crippen LogP contribution in [0.4, 0.5) is 5.69 Å². The summed E-state index contributed by atoms with van der Waals surface area (Å²) in [7, 11) is 0. The number of oxazole rings is 1. The van der Waals surface area contributed by atoms with Gasteiger partial charge in [0.15, 0.2) is 5.58 Å². The number of phenols is 1. The number of hydrogen-bond donors (Lipinski definition) is 2. The maximum atomic E-state index is 10.0. The summed E-state index contributed by atoms with van der Waals surface area (Å²) in [5.41, 5.74) is 8.77. The molecule has 0 aliphatic rings. The molecule has 0 radical (unpaired) electrons. The van der Waals surface area contributed by atoms with Gasteiger partial charge < -0.3 is 15.3 Å². The van der Waals surface area contributed by atoms with Crippen molar-refractivity contribution in [2.45, 2.75) is 6.92 Å². The minimum atomic E-state index is 0.128. The van der Waals surface area contributed by atoms with Crippen molar-refractivity contribution in [1.82, 2.24) is 9.97 Å².